The Morgan fingerprint density at radius 1 is 1.00 bits per heavy atom. The number of carbonyl (C=O) groups is 3. The maximum atomic E-state index is 12.8. The van der Waals surface area contributed by atoms with Crippen LogP contribution in [0.15, 0.2) is 42.0 Å². The van der Waals surface area contributed by atoms with Gasteiger partial charge in [0, 0.05) is 12.6 Å². The molecule has 0 aromatic heterocycles. The van der Waals surface area contributed by atoms with E-state index in [1.165, 1.54) is 11.0 Å². The fourth-order valence-electron chi connectivity index (χ4n) is 3.03. The molecular formula is C19H23NO5. The summed E-state index contributed by atoms with van der Waals surface area (Å²) in [6, 6.07) is 9.19. The Balaban J connectivity index is 2.54. The van der Waals surface area contributed by atoms with E-state index in [-0.39, 0.29) is 19.8 Å². The predicted molar refractivity (Wildman–Crippen MR) is 91.4 cm³/mol. The second-order valence-corrected chi connectivity index (χ2v) is 5.58. The lowest BCUT2D eigenvalue weighted by Gasteiger charge is -2.36. The maximum absolute atomic E-state index is 12.8. The van der Waals surface area contributed by atoms with E-state index < -0.39 is 23.4 Å². The Kier molecular flexibility index (Phi) is 5.96. The molecule has 1 aliphatic rings. The van der Waals surface area contributed by atoms with E-state index in [4.69, 9.17) is 9.47 Å². The molecule has 0 atom stereocenters. The topological polar surface area (TPSA) is 72.9 Å². The number of rotatable bonds is 7. The van der Waals surface area contributed by atoms with Gasteiger partial charge in [0.05, 0.1) is 13.2 Å². The van der Waals surface area contributed by atoms with Crippen LogP contribution in [-0.2, 0) is 30.4 Å². The van der Waals surface area contributed by atoms with Gasteiger partial charge >= 0.3 is 11.9 Å². The molecule has 2 rings (SSSR count). The van der Waals surface area contributed by atoms with Gasteiger partial charge in [-0.1, -0.05) is 37.3 Å². The van der Waals surface area contributed by atoms with Gasteiger partial charge in [-0.25, -0.2) is 9.59 Å². The summed E-state index contributed by atoms with van der Waals surface area (Å²) in [6.07, 6.45) is 1.70. The third-order valence-electron chi connectivity index (χ3n) is 4.14. The fourth-order valence-corrected chi connectivity index (χ4v) is 3.03. The molecule has 0 fully saturated rings. The lowest BCUT2D eigenvalue weighted by molar-refractivity contribution is -0.174. The van der Waals surface area contributed by atoms with Crippen LogP contribution in [-0.4, -0.2) is 41.5 Å². The minimum atomic E-state index is -1.85. The monoisotopic (exact) mass is 345 g/mol. The Hall–Kier alpha value is -2.63. The molecule has 0 saturated heterocycles. The number of benzene rings is 1. The molecule has 0 N–H and O–H groups in total. The second kappa shape index (κ2) is 7.96. The highest BCUT2D eigenvalue weighted by Crippen LogP contribution is 2.37. The summed E-state index contributed by atoms with van der Waals surface area (Å²) < 4.78 is 10.3. The highest BCUT2D eigenvalue weighted by Gasteiger charge is 2.60. The lowest BCUT2D eigenvalue weighted by atomic mass is 9.88. The molecule has 6 heteroatoms. The van der Waals surface area contributed by atoms with Crippen molar-refractivity contribution in [1.29, 1.82) is 0 Å². The van der Waals surface area contributed by atoms with E-state index in [1.54, 1.807) is 20.8 Å². The molecule has 25 heavy (non-hydrogen) atoms. The van der Waals surface area contributed by atoms with Crippen LogP contribution in [0.1, 0.15) is 32.8 Å². The third kappa shape index (κ3) is 3.29. The molecule has 0 saturated carbocycles. The summed E-state index contributed by atoms with van der Waals surface area (Å²) in [7, 11) is 0. The molecule has 1 amide bonds. The van der Waals surface area contributed by atoms with Gasteiger partial charge in [-0.05, 0) is 31.4 Å². The largest absolute Gasteiger partial charge is 0.464 e. The van der Waals surface area contributed by atoms with E-state index in [2.05, 4.69) is 0 Å². The molecule has 1 aromatic carbocycles. The zero-order valence-electron chi connectivity index (χ0n) is 14.8. The van der Waals surface area contributed by atoms with Crippen molar-refractivity contribution < 1.29 is 23.9 Å². The molecule has 134 valence electrons. The van der Waals surface area contributed by atoms with Gasteiger partial charge in [0.25, 0.3) is 5.54 Å². The Bertz CT molecular complexity index is 662. The number of amides is 1. The van der Waals surface area contributed by atoms with Crippen LogP contribution < -0.4 is 0 Å². The van der Waals surface area contributed by atoms with Crippen LogP contribution in [0.4, 0.5) is 0 Å². The van der Waals surface area contributed by atoms with E-state index in [9.17, 15) is 14.4 Å². The molecule has 0 bridgehead atoms. The Labute approximate surface area is 147 Å². The molecular weight excluding hydrogens is 322 g/mol. The van der Waals surface area contributed by atoms with Crippen LogP contribution in [0.2, 0.25) is 0 Å². The molecule has 0 spiro atoms. The van der Waals surface area contributed by atoms with E-state index in [0.717, 1.165) is 5.56 Å². The zero-order chi connectivity index (χ0) is 18.4. The highest BCUT2D eigenvalue weighted by atomic mass is 16.6. The molecule has 0 radical (unpaired) electrons. The van der Waals surface area contributed by atoms with Crippen molar-refractivity contribution in [3.05, 3.63) is 47.5 Å². The smallest absolute Gasteiger partial charge is 0.348 e. The zero-order valence-corrected chi connectivity index (χ0v) is 14.8. The van der Waals surface area contributed by atoms with Gasteiger partial charge in [0.15, 0.2) is 0 Å². The number of ether oxygens (including phenoxy) is 2. The Morgan fingerprint density at radius 3 is 2.04 bits per heavy atom. The molecule has 1 aliphatic heterocycles. The number of esters is 2. The van der Waals surface area contributed by atoms with E-state index >= 15 is 0 Å². The lowest BCUT2D eigenvalue weighted by Crippen LogP contribution is -2.60. The van der Waals surface area contributed by atoms with Gasteiger partial charge in [-0.15, -0.1) is 0 Å². The van der Waals surface area contributed by atoms with Crippen molar-refractivity contribution in [3.63, 3.8) is 0 Å². The van der Waals surface area contributed by atoms with E-state index in [1.807, 2.05) is 30.3 Å². The van der Waals surface area contributed by atoms with Gasteiger partial charge in [0.2, 0.25) is 5.91 Å². The van der Waals surface area contributed by atoms with Crippen molar-refractivity contribution in [2.75, 3.05) is 13.2 Å². The minimum Gasteiger partial charge on any atom is -0.464 e. The van der Waals surface area contributed by atoms with Gasteiger partial charge in [-0.3, -0.25) is 4.79 Å². The van der Waals surface area contributed by atoms with Crippen LogP contribution in [0.5, 0.6) is 0 Å². The number of hydrogen-bond donors (Lipinski definition) is 0. The van der Waals surface area contributed by atoms with Crippen LogP contribution in [0.25, 0.3) is 0 Å². The SMILES string of the molecule is CCOC(=O)C1(C(=O)OCC)C(CC)=CC(=O)N1Cc1ccccc1. The van der Waals surface area contributed by atoms with Crippen LogP contribution in [0, 0.1) is 0 Å². The molecule has 0 unspecified atom stereocenters. The first kappa shape index (κ1) is 18.7. The van der Waals surface area contributed by atoms with Crippen molar-refractivity contribution >= 4 is 17.8 Å². The Morgan fingerprint density at radius 2 is 1.56 bits per heavy atom. The van der Waals surface area contributed by atoms with Crippen molar-refractivity contribution in [3.8, 4) is 0 Å². The fraction of sp³-hybridized carbons (Fsp3) is 0.421. The van der Waals surface area contributed by atoms with Crippen LogP contribution in [0.3, 0.4) is 0 Å². The number of hydrogen-bond acceptors (Lipinski definition) is 5. The predicted octanol–water partition coefficient (Wildman–Crippen LogP) is 2.23. The summed E-state index contributed by atoms with van der Waals surface area (Å²) >= 11 is 0. The average molecular weight is 345 g/mol. The minimum absolute atomic E-state index is 0.102. The third-order valence-corrected chi connectivity index (χ3v) is 4.14. The first-order valence-corrected chi connectivity index (χ1v) is 8.43. The summed E-state index contributed by atoms with van der Waals surface area (Å²) in [5, 5.41) is 0. The van der Waals surface area contributed by atoms with E-state index in [0.29, 0.717) is 12.0 Å². The number of carbonyl (C=O) groups excluding carboxylic acids is 3. The average Bonchev–Trinajstić information content (AvgIpc) is 2.89. The molecule has 1 aromatic rings. The summed E-state index contributed by atoms with van der Waals surface area (Å²) in [6.45, 7) is 5.42. The normalized spacial score (nSPS) is 15.7. The van der Waals surface area contributed by atoms with Gasteiger partial charge < -0.3 is 14.4 Å². The first-order valence-electron chi connectivity index (χ1n) is 8.43. The molecule has 0 aliphatic carbocycles. The van der Waals surface area contributed by atoms with Crippen molar-refractivity contribution in [2.45, 2.75) is 39.3 Å². The van der Waals surface area contributed by atoms with Gasteiger partial charge in [0.1, 0.15) is 0 Å². The standard InChI is InChI=1S/C19H23NO5/c1-4-15-12-16(21)20(13-14-10-8-7-9-11-14)19(15,17(22)24-5-2)18(23)25-6-3/h7-12H,4-6,13H2,1-3H3. The summed E-state index contributed by atoms with van der Waals surface area (Å²) in [5.74, 6) is -1.95. The maximum Gasteiger partial charge on any atom is 0.348 e. The van der Waals surface area contributed by atoms with Crippen molar-refractivity contribution in [2.24, 2.45) is 0 Å². The first-order chi connectivity index (χ1) is 12.0. The molecule has 6 nitrogen and oxygen atoms in total. The second-order valence-electron chi connectivity index (χ2n) is 5.58. The quantitative estimate of drug-likeness (QED) is 0.560. The summed E-state index contributed by atoms with van der Waals surface area (Å²) in [5.41, 5.74) is -0.654. The van der Waals surface area contributed by atoms with Gasteiger partial charge in [-0.2, -0.15) is 0 Å². The van der Waals surface area contributed by atoms with Crippen LogP contribution >= 0.6 is 0 Å². The summed E-state index contributed by atoms with van der Waals surface area (Å²) in [4.78, 5) is 39.5. The van der Waals surface area contributed by atoms with Crippen molar-refractivity contribution in [1.82, 2.24) is 4.90 Å². The molecule has 1 heterocycles. The number of nitrogens with zero attached hydrogens (tertiary/aromatic N) is 1. The highest BCUT2D eigenvalue weighted by molar-refractivity contribution is 6.16.